The van der Waals surface area contributed by atoms with Crippen molar-refractivity contribution < 1.29 is 9.47 Å². The first-order chi connectivity index (χ1) is 16.6. The Kier molecular flexibility index (Phi) is 6.98. The van der Waals surface area contributed by atoms with Gasteiger partial charge in [-0.2, -0.15) is 0 Å². The average Bonchev–Trinajstić information content (AvgIpc) is 3.64. The Balaban J connectivity index is 1.38. The molecule has 2 saturated carbocycles. The molecule has 1 heterocycles. The van der Waals surface area contributed by atoms with Gasteiger partial charge < -0.3 is 20.1 Å². The van der Waals surface area contributed by atoms with Crippen molar-refractivity contribution in [2.75, 3.05) is 27.3 Å². The number of hydrogen-bond acceptors (Lipinski definition) is 4. The largest absolute Gasteiger partial charge is 0.493 e. The molecule has 2 N–H and O–H groups in total. The summed E-state index contributed by atoms with van der Waals surface area (Å²) in [6.45, 7) is 3.10. The van der Waals surface area contributed by atoms with Gasteiger partial charge in [-0.25, -0.2) is 0 Å². The quantitative estimate of drug-likeness (QED) is 0.538. The smallest absolute Gasteiger partial charge is 0.166 e. The topological polar surface area (TPSA) is 45.8 Å². The SMILES string of the molecule is COc1ccc([C@@]23CC[C@H](NC(=S)NCC4CC4)C[C@H]2N(Cc2ccccc2)CC3)cc1OC. The molecule has 3 atom stereocenters. The molecule has 6 heteroatoms. The van der Waals surface area contributed by atoms with E-state index in [0.29, 0.717) is 12.1 Å². The lowest BCUT2D eigenvalue weighted by Gasteiger charge is -2.46. The molecule has 182 valence electrons. The molecule has 5 nitrogen and oxygen atoms in total. The zero-order valence-electron chi connectivity index (χ0n) is 20.4. The Morgan fingerprint density at radius 2 is 1.82 bits per heavy atom. The second-order valence-corrected chi connectivity index (χ2v) is 10.6. The van der Waals surface area contributed by atoms with Gasteiger partial charge in [-0.3, -0.25) is 4.90 Å². The minimum absolute atomic E-state index is 0.121. The van der Waals surface area contributed by atoms with Gasteiger partial charge in [0.2, 0.25) is 0 Å². The third-order valence-electron chi connectivity index (χ3n) is 8.14. The van der Waals surface area contributed by atoms with Crippen LogP contribution in [0.2, 0.25) is 0 Å². The molecule has 1 aliphatic heterocycles. The van der Waals surface area contributed by atoms with Crippen molar-refractivity contribution in [1.29, 1.82) is 0 Å². The molecule has 0 bridgehead atoms. The van der Waals surface area contributed by atoms with E-state index in [-0.39, 0.29) is 5.41 Å². The highest BCUT2D eigenvalue weighted by molar-refractivity contribution is 7.80. The second-order valence-electron chi connectivity index (χ2n) is 10.2. The van der Waals surface area contributed by atoms with Gasteiger partial charge in [-0.1, -0.05) is 36.4 Å². The first-order valence-electron chi connectivity index (χ1n) is 12.7. The fraction of sp³-hybridized carbons (Fsp3) is 0.536. The highest BCUT2D eigenvalue weighted by Crippen LogP contribution is 2.50. The molecule has 0 amide bonds. The van der Waals surface area contributed by atoms with Crippen LogP contribution in [0.3, 0.4) is 0 Å². The molecule has 0 unspecified atom stereocenters. The number of hydrogen-bond donors (Lipinski definition) is 2. The van der Waals surface area contributed by atoms with Gasteiger partial charge in [-0.05, 0) is 86.5 Å². The van der Waals surface area contributed by atoms with E-state index in [1.165, 1.54) is 24.0 Å². The van der Waals surface area contributed by atoms with Gasteiger partial charge in [0, 0.05) is 30.6 Å². The minimum atomic E-state index is 0.121. The summed E-state index contributed by atoms with van der Waals surface area (Å²) in [7, 11) is 3.43. The van der Waals surface area contributed by atoms with Crippen molar-refractivity contribution in [1.82, 2.24) is 15.5 Å². The summed E-state index contributed by atoms with van der Waals surface area (Å²) in [4.78, 5) is 2.69. The maximum Gasteiger partial charge on any atom is 0.166 e. The molecular weight excluding hydrogens is 442 g/mol. The molecule has 2 aromatic rings. The lowest BCUT2D eigenvalue weighted by atomic mass is 9.65. The van der Waals surface area contributed by atoms with Crippen LogP contribution in [0.1, 0.15) is 49.7 Å². The predicted octanol–water partition coefficient (Wildman–Crippen LogP) is 4.64. The molecule has 3 fully saturated rings. The van der Waals surface area contributed by atoms with Crippen LogP contribution in [-0.4, -0.2) is 49.4 Å². The Labute approximate surface area is 209 Å². The summed E-state index contributed by atoms with van der Waals surface area (Å²) in [5, 5.41) is 7.93. The summed E-state index contributed by atoms with van der Waals surface area (Å²) >= 11 is 5.65. The Morgan fingerprint density at radius 3 is 2.56 bits per heavy atom. The first-order valence-corrected chi connectivity index (χ1v) is 13.1. The van der Waals surface area contributed by atoms with E-state index in [2.05, 4.69) is 64.1 Å². The first kappa shape index (κ1) is 23.4. The summed E-state index contributed by atoms with van der Waals surface area (Å²) in [5.74, 6) is 2.43. The number of methoxy groups -OCH3 is 2. The Morgan fingerprint density at radius 1 is 1.03 bits per heavy atom. The standard InChI is InChI=1S/C28H37N3O2S/c1-32-24-11-10-22(16-25(24)33-2)28-13-12-23(30-27(34)29-18-20-8-9-20)17-26(28)31(15-14-28)19-21-6-4-3-5-7-21/h3-7,10-11,16,20,23,26H,8-9,12-15,17-19H2,1-2H3,(H2,29,30,34)/t23-,26+,28-/m0/s1. The minimum Gasteiger partial charge on any atom is -0.493 e. The molecule has 5 rings (SSSR count). The highest BCUT2D eigenvalue weighted by Gasteiger charge is 2.51. The number of fused-ring (bicyclic) bond motifs is 1. The Bertz CT molecular complexity index is 996. The molecule has 2 aliphatic carbocycles. The Hall–Kier alpha value is -2.31. The van der Waals surface area contributed by atoms with Crippen molar-refractivity contribution >= 4 is 17.3 Å². The summed E-state index contributed by atoms with van der Waals surface area (Å²) in [6.07, 6.45) is 7.19. The van der Waals surface area contributed by atoms with Crippen LogP contribution < -0.4 is 20.1 Å². The number of likely N-dealkylation sites (tertiary alicyclic amines) is 1. The molecule has 3 aliphatic rings. The number of ether oxygens (including phenoxy) is 2. The van der Waals surface area contributed by atoms with Crippen molar-refractivity contribution in [2.24, 2.45) is 5.92 Å². The average molecular weight is 480 g/mol. The van der Waals surface area contributed by atoms with Crippen LogP contribution in [-0.2, 0) is 12.0 Å². The van der Waals surface area contributed by atoms with Crippen LogP contribution in [0.5, 0.6) is 11.5 Å². The third kappa shape index (κ3) is 4.89. The third-order valence-corrected chi connectivity index (χ3v) is 8.40. The van der Waals surface area contributed by atoms with Crippen LogP contribution >= 0.6 is 12.2 Å². The number of nitrogens with one attached hydrogen (secondary N) is 2. The van der Waals surface area contributed by atoms with Gasteiger partial charge in [0.1, 0.15) is 0 Å². The number of thiocarbonyl (C=S) groups is 1. The van der Waals surface area contributed by atoms with Crippen LogP contribution in [0.25, 0.3) is 0 Å². The zero-order chi connectivity index (χ0) is 23.5. The van der Waals surface area contributed by atoms with E-state index in [1.807, 2.05) is 0 Å². The number of nitrogens with zero attached hydrogens (tertiary/aromatic N) is 1. The summed E-state index contributed by atoms with van der Waals surface area (Å²) in [6, 6.07) is 18.3. The fourth-order valence-electron chi connectivity index (χ4n) is 6.06. The van der Waals surface area contributed by atoms with Gasteiger partial charge in [0.05, 0.1) is 14.2 Å². The van der Waals surface area contributed by atoms with Crippen molar-refractivity contribution in [3.63, 3.8) is 0 Å². The molecule has 34 heavy (non-hydrogen) atoms. The van der Waals surface area contributed by atoms with E-state index in [4.69, 9.17) is 21.7 Å². The zero-order valence-corrected chi connectivity index (χ0v) is 21.2. The van der Waals surface area contributed by atoms with E-state index in [1.54, 1.807) is 14.2 Å². The van der Waals surface area contributed by atoms with Gasteiger partial charge in [0.25, 0.3) is 0 Å². The lowest BCUT2D eigenvalue weighted by Crippen LogP contribution is -2.53. The molecule has 0 spiro atoms. The predicted molar refractivity (Wildman–Crippen MR) is 141 cm³/mol. The maximum absolute atomic E-state index is 5.68. The normalized spacial score (nSPS) is 26.5. The van der Waals surface area contributed by atoms with Crippen LogP contribution in [0.4, 0.5) is 0 Å². The summed E-state index contributed by atoms with van der Waals surface area (Å²) in [5.41, 5.74) is 2.87. The second kappa shape index (κ2) is 10.1. The molecular formula is C28H37N3O2S. The van der Waals surface area contributed by atoms with E-state index in [9.17, 15) is 0 Å². The van der Waals surface area contributed by atoms with Gasteiger partial charge >= 0.3 is 0 Å². The molecule has 2 aromatic carbocycles. The maximum atomic E-state index is 5.68. The van der Waals surface area contributed by atoms with E-state index >= 15 is 0 Å². The van der Waals surface area contributed by atoms with E-state index < -0.39 is 0 Å². The van der Waals surface area contributed by atoms with Gasteiger partial charge in [-0.15, -0.1) is 0 Å². The molecule has 0 aromatic heterocycles. The number of rotatable bonds is 8. The van der Waals surface area contributed by atoms with Gasteiger partial charge in [0.15, 0.2) is 16.6 Å². The van der Waals surface area contributed by atoms with E-state index in [0.717, 1.165) is 67.8 Å². The monoisotopic (exact) mass is 479 g/mol. The van der Waals surface area contributed by atoms with Crippen LogP contribution in [0, 0.1) is 5.92 Å². The van der Waals surface area contributed by atoms with Crippen molar-refractivity contribution in [3.8, 4) is 11.5 Å². The number of benzene rings is 2. The fourth-order valence-corrected chi connectivity index (χ4v) is 6.31. The van der Waals surface area contributed by atoms with Crippen molar-refractivity contribution in [2.45, 2.75) is 62.6 Å². The lowest BCUT2D eigenvalue weighted by molar-refractivity contribution is 0.134. The molecule has 1 saturated heterocycles. The van der Waals surface area contributed by atoms with Crippen LogP contribution in [0.15, 0.2) is 48.5 Å². The molecule has 0 radical (unpaired) electrons. The highest BCUT2D eigenvalue weighted by atomic mass is 32.1. The van der Waals surface area contributed by atoms with Crippen molar-refractivity contribution in [3.05, 3.63) is 59.7 Å². The summed E-state index contributed by atoms with van der Waals surface area (Å²) < 4.78 is 11.2.